The standard InChI is InChI=1S/C7H15P.ClH/c1-7(8)5-3-2-4-6-7;/h2-6,8H2,1H3;1H. The molecule has 9 heavy (non-hydrogen) atoms. The fraction of sp³-hybridized carbons (Fsp3) is 1.00. The second kappa shape index (κ2) is 3.78. The van der Waals surface area contributed by atoms with E-state index < -0.39 is 0 Å². The van der Waals surface area contributed by atoms with Gasteiger partial charge in [0.2, 0.25) is 0 Å². The Hall–Kier alpha value is 0.720. The van der Waals surface area contributed by atoms with E-state index in [0.29, 0.717) is 5.16 Å². The lowest BCUT2D eigenvalue weighted by atomic mass is 9.90. The first-order chi connectivity index (χ1) is 3.71. The smallest absolute Gasteiger partial charge is 0.0178 e. The highest BCUT2D eigenvalue weighted by atomic mass is 35.5. The molecule has 0 bridgehead atoms. The summed E-state index contributed by atoms with van der Waals surface area (Å²) in [6, 6.07) is 0. The zero-order valence-corrected chi connectivity index (χ0v) is 7.99. The first kappa shape index (κ1) is 9.72. The molecule has 0 aliphatic heterocycles. The minimum absolute atomic E-state index is 0. The molecule has 0 aromatic rings. The van der Waals surface area contributed by atoms with Crippen molar-refractivity contribution in [3.05, 3.63) is 0 Å². The Balaban J connectivity index is 0.000000640. The van der Waals surface area contributed by atoms with Gasteiger partial charge in [0.1, 0.15) is 0 Å². The van der Waals surface area contributed by atoms with Crippen molar-refractivity contribution < 1.29 is 0 Å². The van der Waals surface area contributed by atoms with Crippen LogP contribution in [0.3, 0.4) is 0 Å². The van der Waals surface area contributed by atoms with Crippen LogP contribution in [-0.2, 0) is 0 Å². The van der Waals surface area contributed by atoms with Gasteiger partial charge in [0.05, 0.1) is 0 Å². The second-order valence-corrected chi connectivity index (χ2v) is 4.61. The van der Waals surface area contributed by atoms with Crippen molar-refractivity contribution in [1.82, 2.24) is 0 Å². The van der Waals surface area contributed by atoms with Gasteiger partial charge in [-0.25, -0.2) is 0 Å². The summed E-state index contributed by atoms with van der Waals surface area (Å²) in [7, 11) is 2.96. The molecule has 1 aliphatic carbocycles. The second-order valence-electron chi connectivity index (χ2n) is 3.21. The third-order valence-corrected chi connectivity index (χ3v) is 2.57. The van der Waals surface area contributed by atoms with Gasteiger partial charge in [-0.15, -0.1) is 21.6 Å². The van der Waals surface area contributed by atoms with E-state index in [-0.39, 0.29) is 12.4 Å². The average Bonchev–Trinajstić information content (AvgIpc) is 1.65. The van der Waals surface area contributed by atoms with Crippen LogP contribution in [0.25, 0.3) is 0 Å². The zero-order valence-electron chi connectivity index (χ0n) is 6.02. The quantitative estimate of drug-likeness (QED) is 0.486. The van der Waals surface area contributed by atoms with E-state index in [0.717, 1.165) is 0 Å². The molecule has 0 radical (unpaired) electrons. The van der Waals surface area contributed by atoms with Gasteiger partial charge in [0, 0.05) is 0 Å². The molecule has 0 aromatic heterocycles. The molecular formula is C7H16ClP. The van der Waals surface area contributed by atoms with E-state index in [1.54, 1.807) is 0 Å². The summed E-state index contributed by atoms with van der Waals surface area (Å²) in [6.45, 7) is 2.34. The predicted molar refractivity (Wildman–Crippen MR) is 48.4 cm³/mol. The lowest BCUT2D eigenvalue weighted by molar-refractivity contribution is 0.421. The van der Waals surface area contributed by atoms with E-state index in [2.05, 4.69) is 16.2 Å². The fourth-order valence-corrected chi connectivity index (χ4v) is 1.77. The van der Waals surface area contributed by atoms with Crippen LogP contribution in [0.4, 0.5) is 0 Å². The maximum atomic E-state index is 2.96. The van der Waals surface area contributed by atoms with Gasteiger partial charge in [-0.05, 0) is 18.0 Å². The van der Waals surface area contributed by atoms with Crippen LogP contribution in [0, 0.1) is 0 Å². The molecule has 56 valence electrons. The summed E-state index contributed by atoms with van der Waals surface area (Å²) in [6.07, 6.45) is 7.18. The van der Waals surface area contributed by atoms with Gasteiger partial charge >= 0.3 is 0 Å². The maximum Gasteiger partial charge on any atom is -0.0178 e. The van der Waals surface area contributed by atoms with Crippen molar-refractivity contribution in [1.29, 1.82) is 0 Å². The van der Waals surface area contributed by atoms with Gasteiger partial charge in [0.15, 0.2) is 0 Å². The van der Waals surface area contributed by atoms with Crippen molar-refractivity contribution in [2.45, 2.75) is 44.2 Å². The summed E-state index contributed by atoms with van der Waals surface area (Å²) < 4.78 is 0. The molecule has 1 atom stereocenters. The van der Waals surface area contributed by atoms with Crippen LogP contribution in [0.2, 0.25) is 0 Å². The predicted octanol–water partition coefficient (Wildman–Crippen LogP) is 3.01. The highest BCUT2D eigenvalue weighted by Crippen LogP contribution is 2.34. The summed E-state index contributed by atoms with van der Waals surface area (Å²) in [5.41, 5.74) is 0. The van der Waals surface area contributed by atoms with Gasteiger partial charge in [-0.2, -0.15) is 0 Å². The number of hydrogen-bond donors (Lipinski definition) is 0. The summed E-state index contributed by atoms with van der Waals surface area (Å²) >= 11 is 0. The Labute approximate surface area is 66.4 Å². The van der Waals surface area contributed by atoms with Crippen LogP contribution >= 0.6 is 21.6 Å². The molecular weight excluding hydrogens is 151 g/mol. The molecule has 1 unspecified atom stereocenters. The van der Waals surface area contributed by atoms with Gasteiger partial charge < -0.3 is 0 Å². The Morgan fingerprint density at radius 3 is 1.78 bits per heavy atom. The van der Waals surface area contributed by atoms with Gasteiger partial charge in [-0.3, -0.25) is 0 Å². The third kappa shape index (κ3) is 3.43. The minimum atomic E-state index is 0. The van der Waals surface area contributed by atoms with Crippen LogP contribution in [0.15, 0.2) is 0 Å². The highest BCUT2D eigenvalue weighted by molar-refractivity contribution is 7.18. The van der Waals surface area contributed by atoms with Crippen molar-refractivity contribution in [2.24, 2.45) is 0 Å². The Morgan fingerprint density at radius 1 is 1.11 bits per heavy atom. The summed E-state index contributed by atoms with van der Waals surface area (Å²) in [5, 5.41) is 0.595. The van der Waals surface area contributed by atoms with Gasteiger partial charge in [-0.1, -0.05) is 26.2 Å². The highest BCUT2D eigenvalue weighted by Gasteiger charge is 2.20. The molecule has 1 fully saturated rings. The number of rotatable bonds is 0. The Bertz CT molecular complexity index is 73.0. The molecule has 0 heterocycles. The van der Waals surface area contributed by atoms with E-state index in [1.807, 2.05) is 0 Å². The van der Waals surface area contributed by atoms with Crippen LogP contribution < -0.4 is 0 Å². The van der Waals surface area contributed by atoms with E-state index >= 15 is 0 Å². The molecule has 0 N–H and O–H groups in total. The molecule has 0 saturated heterocycles. The van der Waals surface area contributed by atoms with Crippen molar-refractivity contribution >= 4 is 21.6 Å². The van der Waals surface area contributed by atoms with Gasteiger partial charge in [0.25, 0.3) is 0 Å². The molecule has 2 heteroatoms. The monoisotopic (exact) mass is 166 g/mol. The summed E-state index contributed by atoms with van der Waals surface area (Å²) in [5.74, 6) is 0. The van der Waals surface area contributed by atoms with E-state index in [4.69, 9.17) is 0 Å². The number of hydrogen-bond acceptors (Lipinski definition) is 0. The van der Waals surface area contributed by atoms with Crippen LogP contribution in [-0.4, -0.2) is 5.16 Å². The fourth-order valence-electron chi connectivity index (χ4n) is 1.36. The topological polar surface area (TPSA) is 0 Å². The van der Waals surface area contributed by atoms with E-state index in [9.17, 15) is 0 Å². The van der Waals surface area contributed by atoms with Crippen LogP contribution in [0.1, 0.15) is 39.0 Å². The molecule has 0 amide bonds. The third-order valence-electron chi connectivity index (χ3n) is 2.00. The first-order valence-corrected chi connectivity index (χ1v) is 4.07. The largest absolute Gasteiger partial charge is 0.147 e. The maximum absolute atomic E-state index is 2.96. The molecule has 0 nitrogen and oxygen atoms in total. The molecule has 0 spiro atoms. The normalized spacial score (nSPS) is 24.7. The lowest BCUT2D eigenvalue weighted by Crippen LogP contribution is -2.18. The lowest BCUT2D eigenvalue weighted by Gasteiger charge is -2.28. The number of halogens is 1. The SMILES string of the molecule is CC1(P)CCCCC1.Cl. The zero-order chi connectivity index (χ0) is 6.04. The Morgan fingerprint density at radius 2 is 1.56 bits per heavy atom. The average molecular weight is 167 g/mol. The van der Waals surface area contributed by atoms with Crippen molar-refractivity contribution in [3.63, 3.8) is 0 Å². The van der Waals surface area contributed by atoms with Crippen molar-refractivity contribution in [3.8, 4) is 0 Å². The summed E-state index contributed by atoms with van der Waals surface area (Å²) in [4.78, 5) is 0. The Kier molecular flexibility index (Phi) is 4.09. The minimum Gasteiger partial charge on any atom is -0.147 e. The molecule has 1 rings (SSSR count). The van der Waals surface area contributed by atoms with Crippen LogP contribution in [0.5, 0.6) is 0 Å². The molecule has 1 saturated carbocycles. The first-order valence-electron chi connectivity index (χ1n) is 3.50. The van der Waals surface area contributed by atoms with Crippen molar-refractivity contribution in [2.75, 3.05) is 0 Å². The molecule has 1 aliphatic rings. The molecule has 0 aromatic carbocycles. The van der Waals surface area contributed by atoms with E-state index in [1.165, 1.54) is 32.1 Å².